The summed E-state index contributed by atoms with van der Waals surface area (Å²) in [5.74, 6) is -0.760. The molecule has 0 aliphatic rings. The first kappa shape index (κ1) is 19.3. The maximum absolute atomic E-state index is 13.8. The van der Waals surface area contributed by atoms with Crippen LogP contribution in [0.25, 0.3) is 11.3 Å². The molecule has 1 heterocycles. The van der Waals surface area contributed by atoms with Crippen molar-refractivity contribution in [3.63, 3.8) is 0 Å². The predicted octanol–water partition coefficient (Wildman–Crippen LogP) is 3.92. The van der Waals surface area contributed by atoms with Crippen molar-refractivity contribution in [2.24, 2.45) is 0 Å². The van der Waals surface area contributed by atoms with Gasteiger partial charge in [0.15, 0.2) is 17.3 Å². The minimum atomic E-state index is -0.770. The fraction of sp³-hybridized carbons (Fsp3) is 0.200. The average Bonchev–Trinajstić information content (AvgIpc) is 3.15. The van der Waals surface area contributed by atoms with Gasteiger partial charge in [-0.25, -0.2) is 8.78 Å². The van der Waals surface area contributed by atoms with E-state index in [0.29, 0.717) is 22.8 Å². The summed E-state index contributed by atoms with van der Waals surface area (Å²) < 4.78 is 47.3. The van der Waals surface area contributed by atoms with Gasteiger partial charge in [0.05, 0.1) is 26.2 Å². The predicted molar refractivity (Wildman–Crippen MR) is 94.9 cm³/mol. The molecule has 2 aromatic carbocycles. The van der Waals surface area contributed by atoms with Crippen LogP contribution in [0.1, 0.15) is 11.3 Å². The highest BCUT2D eigenvalue weighted by Gasteiger charge is 2.14. The zero-order valence-electron chi connectivity index (χ0n) is 15.2. The third-order valence-corrected chi connectivity index (χ3v) is 3.93. The molecule has 8 heteroatoms. The first-order valence-electron chi connectivity index (χ1n) is 8.27. The average molecular weight is 389 g/mol. The van der Waals surface area contributed by atoms with Crippen LogP contribution in [-0.2, 0) is 22.6 Å². The largest absolute Gasteiger partial charge is 0.493 e. The summed E-state index contributed by atoms with van der Waals surface area (Å²) in [6.07, 6.45) is 0.0254. The summed E-state index contributed by atoms with van der Waals surface area (Å²) in [5, 5.41) is 3.74. The van der Waals surface area contributed by atoms with Gasteiger partial charge in [0.25, 0.3) is 0 Å². The number of hydrogen-bond acceptors (Lipinski definition) is 6. The molecule has 0 atom stereocenters. The second-order valence-corrected chi connectivity index (χ2v) is 5.83. The van der Waals surface area contributed by atoms with E-state index in [1.165, 1.54) is 26.4 Å². The maximum atomic E-state index is 13.8. The fourth-order valence-electron chi connectivity index (χ4n) is 2.56. The number of carbonyl (C=O) groups excluding carboxylic acids is 1. The lowest BCUT2D eigenvalue weighted by Gasteiger charge is -2.09. The highest BCUT2D eigenvalue weighted by atomic mass is 19.1. The van der Waals surface area contributed by atoms with Crippen LogP contribution >= 0.6 is 0 Å². The number of methoxy groups -OCH3 is 2. The molecule has 0 amide bonds. The Bertz CT molecular complexity index is 986. The lowest BCUT2D eigenvalue weighted by molar-refractivity contribution is -0.144. The normalized spacial score (nSPS) is 10.6. The van der Waals surface area contributed by atoms with Crippen molar-refractivity contribution in [3.05, 3.63) is 65.4 Å². The number of nitrogens with zero attached hydrogens (tertiary/aromatic N) is 1. The third-order valence-electron chi connectivity index (χ3n) is 3.93. The number of halogens is 2. The first-order chi connectivity index (χ1) is 13.5. The molecule has 0 unspecified atom stereocenters. The molecule has 0 saturated heterocycles. The lowest BCUT2D eigenvalue weighted by Crippen LogP contribution is -2.08. The Labute approximate surface area is 159 Å². The Hall–Kier alpha value is -3.42. The molecule has 0 aliphatic carbocycles. The van der Waals surface area contributed by atoms with Crippen LogP contribution in [0.2, 0.25) is 0 Å². The van der Waals surface area contributed by atoms with E-state index in [1.54, 1.807) is 18.2 Å². The van der Waals surface area contributed by atoms with E-state index in [4.69, 9.17) is 18.7 Å². The highest BCUT2D eigenvalue weighted by Crippen LogP contribution is 2.28. The van der Waals surface area contributed by atoms with Crippen molar-refractivity contribution in [2.75, 3.05) is 14.2 Å². The van der Waals surface area contributed by atoms with E-state index in [-0.39, 0.29) is 24.4 Å². The monoisotopic (exact) mass is 389 g/mol. The van der Waals surface area contributed by atoms with Crippen molar-refractivity contribution in [1.29, 1.82) is 0 Å². The molecule has 3 rings (SSSR count). The van der Waals surface area contributed by atoms with E-state index in [0.717, 1.165) is 12.1 Å². The zero-order chi connectivity index (χ0) is 20.1. The van der Waals surface area contributed by atoms with Gasteiger partial charge < -0.3 is 18.7 Å². The van der Waals surface area contributed by atoms with Gasteiger partial charge >= 0.3 is 5.97 Å². The second kappa shape index (κ2) is 8.51. The molecule has 0 spiro atoms. The fourth-order valence-corrected chi connectivity index (χ4v) is 2.56. The van der Waals surface area contributed by atoms with Gasteiger partial charge in [0, 0.05) is 12.1 Å². The molecule has 146 valence electrons. The van der Waals surface area contributed by atoms with Gasteiger partial charge in [-0.1, -0.05) is 11.2 Å². The third kappa shape index (κ3) is 4.46. The van der Waals surface area contributed by atoms with Crippen LogP contribution in [0, 0.1) is 11.6 Å². The van der Waals surface area contributed by atoms with Crippen LogP contribution in [0.3, 0.4) is 0 Å². The molecule has 0 fully saturated rings. The Balaban J connectivity index is 1.60. The SMILES string of the molecule is COc1ccc(CC(=O)OCc2cc(-c3ccc(F)cc3F)on2)cc1OC. The molecule has 0 radical (unpaired) electrons. The van der Waals surface area contributed by atoms with Crippen LogP contribution in [0.4, 0.5) is 8.78 Å². The van der Waals surface area contributed by atoms with Crippen molar-refractivity contribution >= 4 is 5.97 Å². The van der Waals surface area contributed by atoms with Crippen molar-refractivity contribution < 1.29 is 32.3 Å². The molecule has 0 aliphatic heterocycles. The molecule has 1 aromatic heterocycles. The summed E-state index contributed by atoms with van der Waals surface area (Å²) in [6.45, 7) is -0.140. The number of ether oxygens (including phenoxy) is 3. The Morgan fingerprint density at radius 2 is 1.82 bits per heavy atom. The Kier molecular flexibility index (Phi) is 5.88. The summed E-state index contributed by atoms with van der Waals surface area (Å²) in [7, 11) is 3.03. The number of rotatable bonds is 7. The quantitative estimate of drug-likeness (QED) is 0.571. The molecule has 6 nitrogen and oxygen atoms in total. The zero-order valence-corrected chi connectivity index (χ0v) is 15.2. The number of aromatic nitrogens is 1. The molecule has 3 aromatic rings. The van der Waals surface area contributed by atoms with Gasteiger partial charge in [-0.3, -0.25) is 4.79 Å². The topological polar surface area (TPSA) is 70.8 Å². The number of hydrogen-bond donors (Lipinski definition) is 0. The van der Waals surface area contributed by atoms with Gasteiger partial charge in [0.2, 0.25) is 0 Å². The molecule has 0 bridgehead atoms. The number of esters is 1. The summed E-state index contributed by atoms with van der Waals surface area (Å²) in [6, 6.07) is 9.66. The smallest absolute Gasteiger partial charge is 0.310 e. The molecule has 0 saturated carbocycles. The van der Waals surface area contributed by atoms with Crippen LogP contribution < -0.4 is 9.47 Å². The Morgan fingerprint density at radius 3 is 2.54 bits per heavy atom. The second-order valence-electron chi connectivity index (χ2n) is 5.83. The molecule has 0 N–H and O–H groups in total. The van der Waals surface area contributed by atoms with Crippen LogP contribution in [-0.4, -0.2) is 25.3 Å². The van der Waals surface area contributed by atoms with Gasteiger partial charge in [-0.15, -0.1) is 0 Å². The van der Waals surface area contributed by atoms with Gasteiger partial charge in [-0.05, 0) is 29.8 Å². The summed E-state index contributed by atoms with van der Waals surface area (Å²) in [5.41, 5.74) is 1.06. The molecular weight excluding hydrogens is 372 g/mol. The Morgan fingerprint density at radius 1 is 1.04 bits per heavy atom. The first-order valence-corrected chi connectivity index (χ1v) is 8.27. The van der Waals surface area contributed by atoms with Gasteiger partial charge in [-0.2, -0.15) is 0 Å². The van der Waals surface area contributed by atoms with E-state index < -0.39 is 17.6 Å². The maximum Gasteiger partial charge on any atom is 0.310 e. The van der Waals surface area contributed by atoms with E-state index in [1.807, 2.05) is 0 Å². The van der Waals surface area contributed by atoms with Crippen molar-refractivity contribution in [1.82, 2.24) is 5.16 Å². The summed E-state index contributed by atoms with van der Waals surface area (Å²) >= 11 is 0. The highest BCUT2D eigenvalue weighted by molar-refractivity contribution is 5.73. The number of benzene rings is 2. The minimum absolute atomic E-state index is 0.0254. The standard InChI is InChI=1S/C20H17F2NO5/c1-25-17-6-3-12(7-19(17)26-2)8-20(24)27-11-14-10-18(28-23-14)15-5-4-13(21)9-16(15)22/h3-7,9-10H,8,11H2,1-2H3. The van der Waals surface area contributed by atoms with Crippen molar-refractivity contribution in [3.8, 4) is 22.8 Å². The molecule has 28 heavy (non-hydrogen) atoms. The van der Waals surface area contributed by atoms with E-state index in [9.17, 15) is 13.6 Å². The van der Waals surface area contributed by atoms with E-state index >= 15 is 0 Å². The van der Waals surface area contributed by atoms with Crippen LogP contribution in [0.15, 0.2) is 47.0 Å². The lowest BCUT2D eigenvalue weighted by atomic mass is 10.1. The number of carbonyl (C=O) groups is 1. The molecular formula is C20H17F2NO5. The summed E-state index contributed by atoms with van der Waals surface area (Å²) in [4.78, 5) is 12.1. The van der Waals surface area contributed by atoms with E-state index in [2.05, 4.69) is 5.16 Å². The minimum Gasteiger partial charge on any atom is -0.493 e. The van der Waals surface area contributed by atoms with Crippen molar-refractivity contribution in [2.45, 2.75) is 13.0 Å². The van der Waals surface area contributed by atoms with Gasteiger partial charge in [0.1, 0.15) is 23.9 Å². The van der Waals surface area contributed by atoms with Crippen LogP contribution in [0.5, 0.6) is 11.5 Å².